The fraction of sp³-hybridized carbons (Fsp3) is 0.619. The Kier molecular flexibility index (Phi) is 6.71. The fourth-order valence-corrected chi connectivity index (χ4v) is 4.43. The van der Waals surface area contributed by atoms with E-state index < -0.39 is 0 Å². The van der Waals surface area contributed by atoms with Crippen LogP contribution in [0.1, 0.15) is 51.0 Å². The van der Waals surface area contributed by atoms with Crippen molar-refractivity contribution in [2.75, 3.05) is 26.2 Å². The first-order valence-corrected chi connectivity index (χ1v) is 10.9. The number of aryl methyl sites for hydroxylation is 1. The van der Waals surface area contributed by atoms with Crippen LogP contribution >= 0.6 is 15.9 Å². The summed E-state index contributed by atoms with van der Waals surface area (Å²) in [4.78, 5) is 20.8. The fourth-order valence-electron chi connectivity index (χ4n) is 4.08. The molecule has 3 rings (SSSR count). The van der Waals surface area contributed by atoms with Gasteiger partial charge in [-0.25, -0.2) is 4.98 Å². The molecule has 148 valence electrons. The smallest absolute Gasteiger partial charge is 0.261 e. The van der Waals surface area contributed by atoms with Gasteiger partial charge in [-0.05, 0) is 50.4 Å². The van der Waals surface area contributed by atoms with Gasteiger partial charge in [0.05, 0.1) is 16.9 Å². The van der Waals surface area contributed by atoms with E-state index >= 15 is 0 Å². The van der Waals surface area contributed by atoms with E-state index in [0.717, 1.165) is 60.4 Å². The molecule has 1 fully saturated rings. The van der Waals surface area contributed by atoms with Crippen molar-refractivity contribution in [3.63, 3.8) is 0 Å². The largest absolute Gasteiger partial charge is 0.315 e. The highest BCUT2D eigenvalue weighted by atomic mass is 79.9. The Hall–Kier alpha value is -1.24. The molecular formula is C21H31BrN4O. The molecule has 2 aromatic rings. The molecule has 0 spiro atoms. The van der Waals surface area contributed by atoms with Crippen molar-refractivity contribution in [2.24, 2.45) is 5.92 Å². The van der Waals surface area contributed by atoms with E-state index in [1.54, 1.807) is 0 Å². The van der Waals surface area contributed by atoms with E-state index in [9.17, 15) is 4.79 Å². The van der Waals surface area contributed by atoms with Gasteiger partial charge >= 0.3 is 0 Å². The Morgan fingerprint density at radius 2 is 2.15 bits per heavy atom. The summed E-state index contributed by atoms with van der Waals surface area (Å²) >= 11 is 3.56. The molecule has 1 aromatic carbocycles. The molecular weight excluding hydrogens is 404 g/mol. The van der Waals surface area contributed by atoms with Crippen molar-refractivity contribution in [3.05, 3.63) is 38.3 Å². The number of hydrogen-bond acceptors (Lipinski definition) is 4. The standard InChI is InChI=1S/C21H31BrN4O/c1-5-7-19(25-9-8-23-12-14(3)13-25)20-24-18-10-15(4)17(22)11-16(18)21(27)26(20)6-2/h10-11,14,19,23H,5-9,12-13H2,1-4H3/t14-,19-/m1/s1. The predicted octanol–water partition coefficient (Wildman–Crippen LogP) is 3.87. The van der Waals surface area contributed by atoms with E-state index in [-0.39, 0.29) is 11.6 Å². The Morgan fingerprint density at radius 3 is 2.85 bits per heavy atom. The van der Waals surface area contributed by atoms with Gasteiger partial charge in [-0.2, -0.15) is 0 Å². The van der Waals surface area contributed by atoms with Gasteiger partial charge in [-0.1, -0.05) is 36.2 Å². The van der Waals surface area contributed by atoms with Crippen LogP contribution in [-0.4, -0.2) is 40.6 Å². The van der Waals surface area contributed by atoms with Crippen molar-refractivity contribution in [1.29, 1.82) is 0 Å². The summed E-state index contributed by atoms with van der Waals surface area (Å²) < 4.78 is 2.84. The third kappa shape index (κ3) is 4.28. The number of rotatable bonds is 5. The number of halogens is 1. The topological polar surface area (TPSA) is 50.2 Å². The normalized spacial score (nSPS) is 20.0. The molecule has 1 N–H and O–H groups in total. The SMILES string of the molecule is CCC[C@H](c1nc2cc(C)c(Br)cc2c(=O)n1CC)N1CCNC[C@@H](C)C1. The summed E-state index contributed by atoms with van der Waals surface area (Å²) in [6.45, 7) is 13.3. The van der Waals surface area contributed by atoms with Crippen molar-refractivity contribution < 1.29 is 0 Å². The van der Waals surface area contributed by atoms with Crippen LogP contribution in [0.5, 0.6) is 0 Å². The lowest BCUT2D eigenvalue weighted by molar-refractivity contribution is 0.169. The lowest BCUT2D eigenvalue weighted by Gasteiger charge is -2.32. The van der Waals surface area contributed by atoms with Crippen LogP contribution in [0, 0.1) is 12.8 Å². The van der Waals surface area contributed by atoms with Crippen molar-refractivity contribution >= 4 is 26.8 Å². The van der Waals surface area contributed by atoms with E-state index in [1.807, 2.05) is 30.5 Å². The molecule has 5 nitrogen and oxygen atoms in total. The number of benzene rings is 1. The Bertz CT molecular complexity index is 863. The zero-order valence-electron chi connectivity index (χ0n) is 16.9. The second-order valence-corrected chi connectivity index (χ2v) is 8.60. The monoisotopic (exact) mass is 434 g/mol. The molecule has 27 heavy (non-hydrogen) atoms. The molecule has 0 amide bonds. The lowest BCUT2D eigenvalue weighted by atomic mass is 10.1. The molecule has 0 aliphatic carbocycles. The first-order valence-electron chi connectivity index (χ1n) is 10.1. The van der Waals surface area contributed by atoms with Gasteiger partial charge in [-0.15, -0.1) is 0 Å². The van der Waals surface area contributed by atoms with Crippen LogP contribution in [-0.2, 0) is 6.54 Å². The van der Waals surface area contributed by atoms with Crippen LogP contribution < -0.4 is 10.9 Å². The van der Waals surface area contributed by atoms with Crippen molar-refractivity contribution in [2.45, 2.75) is 53.1 Å². The number of nitrogens with zero attached hydrogens (tertiary/aromatic N) is 3. The summed E-state index contributed by atoms with van der Waals surface area (Å²) in [6.07, 6.45) is 2.08. The third-order valence-electron chi connectivity index (χ3n) is 5.50. The number of nitrogens with one attached hydrogen (secondary N) is 1. The molecule has 1 aliphatic heterocycles. The Labute approximate surface area is 170 Å². The molecule has 6 heteroatoms. The van der Waals surface area contributed by atoms with E-state index in [2.05, 4.69) is 40.0 Å². The predicted molar refractivity (Wildman–Crippen MR) is 115 cm³/mol. The quantitative estimate of drug-likeness (QED) is 0.775. The Morgan fingerprint density at radius 1 is 1.37 bits per heavy atom. The van der Waals surface area contributed by atoms with Gasteiger partial charge in [-0.3, -0.25) is 14.3 Å². The second-order valence-electron chi connectivity index (χ2n) is 7.75. The summed E-state index contributed by atoms with van der Waals surface area (Å²) in [5, 5.41) is 4.22. The van der Waals surface area contributed by atoms with Crippen molar-refractivity contribution in [1.82, 2.24) is 19.8 Å². The average Bonchev–Trinajstić information content (AvgIpc) is 2.85. The van der Waals surface area contributed by atoms with Gasteiger partial charge in [0.2, 0.25) is 0 Å². The molecule has 2 heterocycles. The molecule has 0 radical (unpaired) electrons. The maximum absolute atomic E-state index is 13.2. The molecule has 0 bridgehead atoms. The maximum atomic E-state index is 13.2. The number of fused-ring (bicyclic) bond motifs is 1. The summed E-state index contributed by atoms with van der Waals surface area (Å²) in [5.74, 6) is 1.51. The highest BCUT2D eigenvalue weighted by Gasteiger charge is 2.27. The van der Waals surface area contributed by atoms with Crippen LogP contribution in [0.4, 0.5) is 0 Å². The van der Waals surface area contributed by atoms with E-state index in [4.69, 9.17) is 4.98 Å². The van der Waals surface area contributed by atoms with Crippen LogP contribution in [0.25, 0.3) is 10.9 Å². The lowest BCUT2D eigenvalue weighted by Crippen LogP contribution is -2.38. The molecule has 1 saturated heterocycles. The summed E-state index contributed by atoms with van der Waals surface area (Å²) in [5.41, 5.74) is 1.98. The Balaban J connectivity index is 2.16. The zero-order chi connectivity index (χ0) is 19.6. The van der Waals surface area contributed by atoms with Gasteiger partial charge < -0.3 is 5.32 Å². The summed E-state index contributed by atoms with van der Waals surface area (Å²) in [6, 6.07) is 4.13. The zero-order valence-corrected chi connectivity index (χ0v) is 18.5. The second kappa shape index (κ2) is 8.84. The van der Waals surface area contributed by atoms with Gasteiger partial charge in [0.25, 0.3) is 5.56 Å². The molecule has 2 atom stereocenters. The van der Waals surface area contributed by atoms with Crippen molar-refractivity contribution in [3.8, 4) is 0 Å². The molecule has 0 saturated carbocycles. The third-order valence-corrected chi connectivity index (χ3v) is 6.35. The first kappa shape index (κ1) is 20.5. The minimum absolute atomic E-state index is 0.0697. The van der Waals surface area contributed by atoms with Gasteiger partial charge in [0.15, 0.2) is 0 Å². The van der Waals surface area contributed by atoms with E-state index in [1.165, 1.54) is 0 Å². The minimum Gasteiger partial charge on any atom is -0.315 e. The molecule has 1 aromatic heterocycles. The first-order chi connectivity index (χ1) is 13.0. The summed E-state index contributed by atoms with van der Waals surface area (Å²) in [7, 11) is 0. The highest BCUT2D eigenvalue weighted by Crippen LogP contribution is 2.28. The molecule has 0 unspecified atom stereocenters. The number of hydrogen-bond donors (Lipinski definition) is 1. The van der Waals surface area contributed by atoms with E-state index in [0.29, 0.717) is 17.8 Å². The maximum Gasteiger partial charge on any atom is 0.261 e. The van der Waals surface area contributed by atoms with Crippen LogP contribution in [0.15, 0.2) is 21.4 Å². The minimum atomic E-state index is 0.0697. The highest BCUT2D eigenvalue weighted by molar-refractivity contribution is 9.10. The molecule has 1 aliphatic rings. The van der Waals surface area contributed by atoms with Gasteiger partial charge in [0, 0.05) is 30.7 Å². The number of aromatic nitrogens is 2. The van der Waals surface area contributed by atoms with Gasteiger partial charge in [0.1, 0.15) is 5.82 Å². The van der Waals surface area contributed by atoms with Crippen LogP contribution in [0.3, 0.4) is 0 Å². The van der Waals surface area contributed by atoms with Crippen LogP contribution in [0.2, 0.25) is 0 Å². The average molecular weight is 435 g/mol.